The van der Waals surface area contributed by atoms with Crippen molar-refractivity contribution < 1.29 is 9.21 Å². The monoisotopic (exact) mass is 309 g/mol. The molecule has 0 aliphatic rings. The molecule has 0 saturated carbocycles. The minimum atomic E-state index is -0.00147. The summed E-state index contributed by atoms with van der Waals surface area (Å²) in [6.07, 6.45) is 0. The van der Waals surface area contributed by atoms with Gasteiger partial charge in [-0.25, -0.2) is 9.98 Å². The van der Waals surface area contributed by atoms with E-state index in [9.17, 15) is 4.79 Å². The molecule has 0 saturated heterocycles. The molecule has 0 aliphatic heterocycles. The van der Waals surface area contributed by atoms with E-state index in [1.807, 2.05) is 34.6 Å². The molecule has 1 aromatic heterocycles. The lowest BCUT2D eigenvalue weighted by Crippen LogP contribution is -2.42. The maximum Gasteiger partial charge on any atom is 0.222 e. The van der Waals surface area contributed by atoms with Gasteiger partial charge < -0.3 is 20.4 Å². The first kappa shape index (κ1) is 18.0. The van der Waals surface area contributed by atoms with Gasteiger partial charge in [0.15, 0.2) is 5.96 Å². The third-order valence-electron chi connectivity index (χ3n) is 3.03. The third kappa shape index (κ3) is 6.15. The van der Waals surface area contributed by atoms with Gasteiger partial charge in [0.1, 0.15) is 12.3 Å². The fourth-order valence-corrected chi connectivity index (χ4v) is 1.67. The Morgan fingerprint density at radius 2 is 1.91 bits per heavy atom. The predicted molar refractivity (Wildman–Crippen MR) is 86.6 cm³/mol. The number of carbonyl (C=O) groups is 1. The van der Waals surface area contributed by atoms with Crippen LogP contribution in [0.4, 0.5) is 0 Å². The number of rotatable bonds is 7. The number of hydrogen-bond acceptors (Lipinski definition) is 4. The minimum absolute atomic E-state index is 0.00147. The van der Waals surface area contributed by atoms with E-state index in [-0.39, 0.29) is 11.8 Å². The first-order valence-corrected chi connectivity index (χ1v) is 7.66. The molecule has 0 aliphatic carbocycles. The van der Waals surface area contributed by atoms with E-state index in [1.165, 1.54) is 0 Å². The molecule has 3 N–H and O–H groups in total. The van der Waals surface area contributed by atoms with Gasteiger partial charge in [0, 0.05) is 25.6 Å². The van der Waals surface area contributed by atoms with E-state index in [2.05, 4.69) is 25.9 Å². The van der Waals surface area contributed by atoms with Crippen LogP contribution in [0.1, 0.15) is 38.1 Å². The molecule has 7 nitrogen and oxygen atoms in total. The number of oxazole rings is 1. The summed E-state index contributed by atoms with van der Waals surface area (Å²) in [4.78, 5) is 20.2. The van der Waals surface area contributed by atoms with E-state index in [0.29, 0.717) is 31.5 Å². The summed E-state index contributed by atoms with van der Waals surface area (Å²) in [6, 6.07) is 0. The van der Waals surface area contributed by atoms with Crippen LogP contribution in [0.5, 0.6) is 0 Å². The van der Waals surface area contributed by atoms with Gasteiger partial charge in [0.05, 0.1) is 5.69 Å². The van der Waals surface area contributed by atoms with Crippen molar-refractivity contribution in [2.75, 3.05) is 19.6 Å². The lowest BCUT2D eigenvalue weighted by Gasteiger charge is -2.12. The summed E-state index contributed by atoms with van der Waals surface area (Å²) in [7, 11) is 0. The second-order valence-electron chi connectivity index (χ2n) is 5.32. The molecular formula is C15H27N5O2. The highest BCUT2D eigenvalue weighted by Crippen LogP contribution is 2.08. The Morgan fingerprint density at radius 1 is 1.23 bits per heavy atom. The topological polar surface area (TPSA) is 91.6 Å². The SMILES string of the molecule is CCNC(=NCc1nc(C)c(C)o1)NCCNC(=O)C(C)C. The van der Waals surface area contributed by atoms with E-state index < -0.39 is 0 Å². The summed E-state index contributed by atoms with van der Waals surface area (Å²) in [6.45, 7) is 11.8. The maximum absolute atomic E-state index is 11.5. The number of amides is 1. The predicted octanol–water partition coefficient (Wildman–Crippen LogP) is 1.12. The van der Waals surface area contributed by atoms with Crippen molar-refractivity contribution in [3.8, 4) is 0 Å². The number of guanidine groups is 1. The van der Waals surface area contributed by atoms with Crippen molar-refractivity contribution in [3.05, 3.63) is 17.3 Å². The van der Waals surface area contributed by atoms with Crippen molar-refractivity contribution in [2.45, 2.75) is 41.2 Å². The Labute approximate surface area is 132 Å². The van der Waals surface area contributed by atoms with E-state index in [4.69, 9.17) is 4.42 Å². The highest BCUT2D eigenvalue weighted by Gasteiger charge is 2.06. The van der Waals surface area contributed by atoms with Crippen molar-refractivity contribution in [3.63, 3.8) is 0 Å². The van der Waals surface area contributed by atoms with Crippen molar-refractivity contribution in [1.29, 1.82) is 0 Å². The zero-order valence-electron chi connectivity index (χ0n) is 14.1. The van der Waals surface area contributed by atoms with E-state index in [1.54, 1.807) is 0 Å². The minimum Gasteiger partial charge on any atom is -0.444 e. The van der Waals surface area contributed by atoms with Crippen LogP contribution in [-0.4, -0.2) is 36.5 Å². The van der Waals surface area contributed by atoms with Gasteiger partial charge in [-0.15, -0.1) is 0 Å². The molecule has 1 rings (SSSR count). The number of aliphatic imine (C=N–C) groups is 1. The van der Waals surface area contributed by atoms with Gasteiger partial charge in [-0.1, -0.05) is 13.8 Å². The van der Waals surface area contributed by atoms with Gasteiger partial charge in [0.2, 0.25) is 11.8 Å². The van der Waals surface area contributed by atoms with E-state index in [0.717, 1.165) is 18.0 Å². The lowest BCUT2D eigenvalue weighted by atomic mass is 10.2. The normalized spacial score (nSPS) is 11.6. The molecule has 1 heterocycles. The first-order valence-electron chi connectivity index (χ1n) is 7.66. The average molecular weight is 309 g/mol. The quantitative estimate of drug-likeness (QED) is 0.399. The maximum atomic E-state index is 11.5. The molecule has 124 valence electrons. The van der Waals surface area contributed by atoms with Gasteiger partial charge >= 0.3 is 0 Å². The molecular weight excluding hydrogens is 282 g/mol. The number of aromatic nitrogens is 1. The fourth-order valence-electron chi connectivity index (χ4n) is 1.67. The summed E-state index contributed by atoms with van der Waals surface area (Å²) < 4.78 is 5.50. The highest BCUT2D eigenvalue weighted by molar-refractivity contribution is 5.80. The van der Waals surface area contributed by atoms with Gasteiger partial charge in [-0.3, -0.25) is 4.79 Å². The first-order chi connectivity index (χ1) is 10.4. The molecule has 0 radical (unpaired) electrons. The third-order valence-corrected chi connectivity index (χ3v) is 3.03. The molecule has 0 bridgehead atoms. The molecule has 0 fully saturated rings. The van der Waals surface area contributed by atoms with Crippen LogP contribution in [0, 0.1) is 19.8 Å². The standard InChI is InChI=1S/C15H27N5O2/c1-6-16-15(18-8-7-17-14(21)10(2)3)19-9-13-20-11(4)12(5)22-13/h10H,6-9H2,1-5H3,(H,17,21)(H2,16,18,19). The number of aryl methyl sites for hydroxylation is 2. The summed E-state index contributed by atoms with van der Waals surface area (Å²) in [5.41, 5.74) is 0.888. The van der Waals surface area contributed by atoms with Crippen LogP contribution >= 0.6 is 0 Å². The summed E-state index contributed by atoms with van der Waals surface area (Å²) >= 11 is 0. The van der Waals surface area contributed by atoms with Crippen molar-refractivity contribution in [1.82, 2.24) is 20.9 Å². The molecule has 1 aromatic rings. The van der Waals surface area contributed by atoms with Gasteiger partial charge in [-0.05, 0) is 20.8 Å². The summed E-state index contributed by atoms with van der Waals surface area (Å²) in [5.74, 6) is 2.14. The lowest BCUT2D eigenvalue weighted by molar-refractivity contribution is -0.123. The fraction of sp³-hybridized carbons (Fsp3) is 0.667. The smallest absolute Gasteiger partial charge is 0.222 e. The van der Waals surface area contributed by atoms with Crippen LogP contribution in [0.3, 0.4) is 0 Å². The molecule has 1 amide bonds. The summed E-state index contributed by atoms with van der Waals surface area (Å²) in [5, 5.41) is 9.15. The number of nitrogens with zero attached hydrogens (tertiary/aromatic N) is 2. The molecule has 0 aromatic carbocycles. The Morgan fingerprint density at radius 3 is 2.45 bits per heavy atom. The molecule has 0 unspecified atom stereocenters. The van der Waals surface area contributed by atoms with Crippen LogP contribution in [0.15, 0.2) is 9.41 Å². The molecule has 0 spiro atoms. The Balaban J connectivity index is 2.43. The Hall–Kier alpha value is -2.05. The molecule has 0 atom stereocenters. The zero-order chi connectivity index (χ0) is 16.5. The van der Waals surface area contributed by atoms with Crippen molar-refractivity contribution >= 4 is 11.9 Å². The van der Waals surface area contributed by atoms with Crippen LogP contribution in [0.25, 0.3) is 0 Å². The van der Waals surface area contributed by atoms with Gasteiger partial charge in [-0.2, -0.15) is 0 Å². The zero-order valence-corrected chi connectivity index (χ0v) is 14.1. The number of hydrogen-bond donors (Lipinski definition) is 3. The average Bonchev–Trinajstić information content (AvgIpc) is 2.79. The molecule has 7 heteroatoms. The number of carbonyl (C=O) groups excluding carboxylic acids is 1. The Kier molecular flexibility index (Phi) is 7.42. The Bertz CT molecular complexity index is 489. The highest BCUT2D eigenvalue weighted by atomic mass is 16.4. The second-order valence-corrected chi connectivity index (χ2v) is 5.32. The number of nitrogens with one attached hydrogen (secondary N) is 3. The van der Waals surface area contributed by atoms with Crippen molar-refractivity contribution in [2.24, 2.45) is 10.9 Å². The van der Waals surface area contributed by atoms with Crippen LogP contribution in [0.2, 0.25) is 0 Å². The largest absolute Gasteiger partial charge is 0.444 e. The second kappa shape index (κ2) is 9.07. The van der Waals surface area contributed by atoms with Gasteiger partial charge in [0.25, 0.3) is 0 Å². The van der Waals surface area contributed by atoms with E-state index >= 15 is 0 Å². The molecule has 22 heavy (non-hydrogen) atoms. The van der Waals surface area contributed by atoms with Crippen LogP contribution in [-0.2, 0) is 11.3 Å². The van der Waals surface area contributed by atoms with Crippen LogP contribution < -0.4 is 16.0 Å².